The predicted octanol–water partition coefficient (Wildman–Crippen LogP) is 3.84. The molecule has 1 atom stereocenters. The van der Waals surface area contributed by atoms with Gasteiger partial charge in [0.1, 0.15) is 0 Å². The monoisotopic (exact) mass is 450 g/mol. The highest BCUT2D eigenvalue weighted by Gasteiger charge is 2.26. The van der Waals surface area contributed by atoms with Gasteiger partial charge in [-0.25, -0.2) is 4.98 Å². The summed E-state index contributed by atoms with van der Waals surface area (Å²) in [6.45, 7) is 10.6. The molecule has 1 amide bonds. The van der Waals surface area contributed by atoms with Crippen LogP contribution in [0.1, 0.15) is 44.2 Å². The van der Waals surface area contributed by atoms with E-state index in [1.165, 1.54) is 36.0 Å². The predicted molar refractivity (Wildman–Crippen MR) is 132 cm³/mol. The van der Waals surface area contributed by atoms with Crippen LogP contribution in [0.2, 0.25) is 0 Å². The van der Waals surface area contributed by atoms with Gasteiger partial charge in [-0.15, -0.1) is 0 Å². The van der Waals surface area contributed by atoms with Gasteiger partial charge in [0.15, 0.2) is 0 Å². The summed E-state index contributed by atoms with van der Waals surface area (Å²) in [5.41, 5.74) is 4.98. The average Bonchev–Trinajstić information content (AvgIpc) is 2.87. The number of hydrogen-bond donors (Lipinski definition) is 0. The van der Waals surface area contributed by atoms with Gasteiger partial charge in [0.2, 0.25) is 11.8 Å². The Hall–Kier alpha value is -2.44. The molecule has 2 aromatic rings. The highest BCUT2D eigenvalue weighted by atomic mass is 16.5. The number of benzene rings is 1. The molecule has 0 radical (unpaired) electrons. The van der Waals surface area contributed by atoms with E-state index in [2.05, 4.69) is 51.7 Å². The third kappa shape index (κ3) is 5.92. The van der Waals surface area contributed by atoms with Crippen molar-refractivity contribution < 1.29 is 9.53 Å². The molecule has 0 aliphatic carbocycles. The van der Waals surface area contributed by atoms with Crippen molar-refractivity contribution in [3.63, 3.8) is 0 Å². The molecule has 0 bridgehead atoms. The number of piperazine rings is 1. The van der Waals surface area contributed by atoms with Crippen LogP contribution in [0.4, 0.5) is 0 Å². The second-order valence-corrected chi connectivity index (χ2v) is 9.44. The molecule has 6 heteroatoms. The first-order valence-corrected chi connectivity index (χ1v) is 12.4. The number of carbonyl (C=O) groups is 1. The minimum atomic E-state index is 0.278. The maximum Gasteiger partial charge on any atom is 0.236 e. The minimum Gasteiger partial charge on any atom is -0.481 e. The van der Waals surface area contributed by atoms with Crippen LogP contribution in [0.3, 0.4) is 0 Å². The fraction of sp³-hybridized carbons (Fsp3) is 0.556. The van der Waals surface area contributed by atoms with Crippen molar-refractivity contribution >= 4 is 5.91 Å². The van der Waals surface area contributed by atoms with Gasteiger partial charge < -0.3 is 9.64 Å². The highest BCUT2D eigenvalue weighted by molar-refractivity contribution is 5.78. The first-order chi connectivity index (χ1) is 16.1. The zero-order valence-electron chi connectivity index (χ0n) is 20.4. The summed E-state index contributed by atoms with van der Waals surface area (Å²) in [6, 6.07) is 11.2. The number of methoxy groups -OCH3 is 1. The van der Waals surface area contributed by atoms with Gasteiger partial charge in [0.05, 0.1) is 13.7 Å². The number of rotatable bonds is 8. The summed E-state index contributed by atoms with van der Waals surface area (Å²) in [5, 5.41) is 0. The molecule has 1 unspecified atom stereocenters. The van der Waals surface area contributed by atoms with Crippen LogP contribution >= 0.6 is 0 Å². The lowest BCUT2D eigenvalue weighted by Gasteiger charge is -2.39. The fourth-order valence-electron chi connectivity index (χ4n) is 4.98. The van der Waals surface area contributed by atoms with Crippen molar-refractivity contribution in [2.75, 3.05) is 46.4 Å². The molecule has 0 N–H and O–H groups in total. The van der Waals surface area contributed by atoms with E-state index in [1.807, 2.05) is 18.3 Å². The van der Waals surface area contributed by atoms with Crippen LogP contribution in [-0.2, 0) is 17.8 Å². The number of nitrogens with zero attached hydrogens (tertiary/aromatic N) is 4. The lowest BCUT2D eigenvalue weighted by atomic mass is 9.95. The van der Waals surface area contributed by atoms with Gasteiger partial charge in [-0.2, -0.15) is 0 Å². The van der Waals surface area contributed by atoms with Gasteiger partial charge in [0.25, 0.3) is 0 Å². The molecular weight excluding hydrogens is 412 g/mol. The van der Waals surface area contributed by atoms with Crippen LogP contribution in [0, 0.1) is 0 Å². The van der Waals surface area contributed by atoms with Crippen LogP contribution in [0.25, 0.3) is 11.1 Å². The Morgan fingerprint density at radius 1 is 1.06 bits per heavy atom. The molecule has 3 heterocycles. The maximum absolute atomic E-state index is 13.0. The van der Waals surface area contributed by atoms with Gasteiger partial charge >= 0.3 is 0 Å². The van der Waals surface area contributed by atoms with Gasteiger partial charge in [-0.05, 0) is 42.5 Å². The largest absolute Gasteiger partial charge is 0.481 e. The smallest absolute Gasteiger partial charge is 0.236 e. The number of aromatic nitrogens is 1. The first-order valence-electron chi connectivity index (χ1n) is 12.4. The van der Waals surface area contributed by atoms with Gasteiger partial charge in [-0.1, -0.05) is 38.0 Å². The van der Waals surface area contributed by atoms with E-state index in [0.717, 1.165) is 51.3 Å². The molecule has 1 aromatic carbocycles. The Kier molecular flexibility index (Phi) is 7.99. The summed E-state index contributed by atoms with van der Waals surface area (Å²) < 4.78 is 5.16. The lowest BCUT2D eigenvalue weighted by molar-refractivity contribution is -0.134. The van der Waals surface area contributed by atoms with E-state index in [4.69, 9.17) is 4.74 Å². The Morgan fingerprint density at radius 2 is 1.85 bits per heavy atom. The molecule has 4 rings (SSSR count). The topological polar surface area (TPSA) is 48.9 Å². The van der Waals surface area contributed by atoms with E-state index >= 15 is 0 Å². The number of pyridine rings is 1. The zero-order chi connectivity index (χ0) is 23.2. The molecule has 178 valence electrons. The molecule has 1 aromatic heterocycles. The van der Waals surface area contributed by atoms with E-state index in [0.29, 0.717) is 18.5 Å². The van der Waals surface area contributed by atoms with E-state index in [1.54, 1.807) is 7.11 Å². The van der Waals surface area contributed by atoms with Crippen molar-refractivity contribution in [3.05, 3.63) is 47.7 Å². The average molecular weight is 451 g/mol. The summed E-state index contributed by atoms with van der Waals surface area (Å²) in [6.07, 6.45) is 6.63. The summed E-state index contributed by atoms with van der Waals surface area (Å²) in [4.78, 5) is 24.2. The lowest BCUT2D eigenvalue weighted by Crippen LogP contribution is -2.53. The number of carbonyl (C=O) groups excluding carboxylic acids is 1. The first kappa shape index (κ1) is 23.7. The second kappa shape index (κ2) is 11.1. The normalized spacial score (nSPS) is 18.1. The SMILES string of the molecule is CCCCC(C)N1CCN(C(=O)CN2CCc3cc(-c4ccc(OC)nc4)ccc3C2)CC1. The standard InChI is InChI=1S/C27H38N4O2/c1-4-5-6-21(2)30-13-15-31(16-14-30)27(32)20-29-12-11-23-17-22(7-8-25(23)19-29)24-9-10-26(33-3)28-18-24/h7-10,17-18,21H,4-6,11-16,19-20H2,1-3H3. The van der Waals surface area contributed by atoms with Crippen molar-refractivity contribution in [1.82, 2.24) is 19.7 Å². The number of ether oxygens (including phenoxy) is 1. The Bertz CT molecular complexity index is 922. The molecule has 33 heavy (non-hydrogen) atoms. The van der Waals surface area contributed by atoms with Crippen LogP contribution in [-0.4, -0.2) is 78.0 Å². The Balaban J connectivity index is 1.29. The molecule has 0 spiro atoms. The van der Waals surface area contributed by atoms with Gasteiger partial charge in [-0.3, -0.25) is 14.6 Å². The van der Waals surface area contributed by atoms with Crippen LogP contribution < -0.4 is 4.74 Å². The maximum atomic E-state index is 13.0. The number of amides is 1. The molecule has 1 saturated heterocycles. The minimum absolute atomic E-state index is 0.278. The number of fused-ring (bicyclic) bond motifs is 1. The van der Waals surface area contributed by atoms with E-state index < -0.39 is 0 Å². The van der Waals surface area contributed by atoms with Crippen LogP contribution in [0.15, 0.2) is 36.5 Å². The second-order valence-electron chi connectivity index (χ2n) is 9.44. The molecule has 2 aliphatic heterocycles. The van der Waals surface area contributed by atoms with Crippen LogP contribution in [0.5, 0.6) is 5.88 Å². The Labute approximate surface area is 198 Å². The summed E-state index contributed by atoms with van der Waals surface area (Å²) in [7, 11) is 1.63. The molecule has 2 aliphatic rings. The van der Waals surface area contributed by atoms with Crippen molar-refractivity contribution in [3.8, 4) is 17.0 Å². The Morgan fingerprint density at radius 3 is 2.55 bits per heavy atom. The third-order valence-corrected chi connectivity index (χ3v) is 7.20. The molecular formula is C27H38N4O2. The summed E-state index contributed by atoms with van der Waals surface area (Å²) >= 11 is 0. The van der Waals surface area contributed by atoms with Gasteiger partial charge in [0, 0.05) is 63.1 Å². The van der Waals surface area contributed by atoms with Crippen molar-refractivity contribution in [1.29, 1.82) is 0 Å². The zero-order valence-corrected chi connectivity index (χ0v) is 20.4. The summed E-state index contributed by atoms with van der Waals surface area (Å²) in [5.74, 6) is 0.907. The molecule has 6 nitrogen and oxygen atoms in total. The quantitative estimate of drug-likeness (QED) is 0.612. The molecule has 0 saturated carbocycles. The fourth-order valence-corrected chi connectivity index (χ4v) is 4.98. The van der Waals surface area contributed by atoms with Crippen molar-refractivity contribution in [2.45, 2.75) is 52.1 Å². The third-order valence-electron chi connectivity index (χ3n) is 7.20. The number of hydrogen-bond acceptors (Lipinski definition) is 5. The van der Waals surface area contributed by atoms with Crippen molar-refractivity contribution in [2.24, 2.45) is 0 Å². The molecule has 1 fully saturated rings. The highest BCUT2D eigenvalue weighted by Crippen LogP contribution is 2.27. The van der Waals surface area contributed by atoms with E-state index in [9.17, 15) is 4.79 Å². The van der Waals surface area contributed by atoms with E-state index in [-0.39, 0.29) is 5.91 Å². The number of unbranched alkanes of at least 4 members (excludes halogenated alkanes) is 1.